The summed E-state index contributed by atoms with van der Waals surface area (Å²) in [6, 6.07) is 1.96. The van der Waals surface area contributed by atoms with Gasteiger partial charge in [0.25, 0.3) is 5.56 Å². The smallest absolute Gasteiger partial charge is 0.262 e. The Balaban J connectivity index is 1.81. The van der Waals surface area contributed by atoms with E-state index in [0.717, 1.165) is 17.7 Å². The summed E-state index contributed by atoms with van der Waals surface area (Å²) in [6.07, 6.45) is 5.12. The van der Waals surface area contributed by atoms with Crippen LogP contribution in [0.4, 0.5) is 0 Å². The van der Waals surface area contributed by atoms with E-state index in [4.69, 9.17) is 0 Å². The van der Waals surface area contributed by atoms with Crippen molar-refractivity contribution < 1.29 is 4.79 Å². The molecule has 0 saturated heterocycles. The minimum Gasteiger partial charge on any atom is -0.354 e. The van der Waals surface area contributed by atoms with E-state index in [0.29, 0.717) is 24.3 Å². The van der Waals surface area contributed by atoms with Gasteiger partial charge in [-0.2, -0.15) is 0 Å². The van der Waals surface area contributed by atoms with Crippen molar-refractivity contribution in [1.82, 2.24) is 14.9 Å². The molecule has 0 aliphatic rings. The molecule has 0 aromatic carbocycles. The SMILES string of the molecule is CC(C)CCC[C@@H](C)NC(=O)CCn1cnc2sccc2c1=O. The van der Waals surface area contributed by atoms with Gasteiger partial charge in [-0.3, -0.25) is 14.2 Å². The van der Waals surface area contributed by atoms with Crippen LogP contribution >= 0.6 is 11.3 Å². The zero-order chi connectivity index (χ0) is 16.8. The Labute approximate surface area is 140 Å². The summed E-state index contributed by atoms with van der Waals surface area (Å²) in [4.78, 5) is 29.2. The number of carbonyl (C=O) groups excluding carboxylic acids is 1. The molecule has 0 spiro atoms. The van der Waals surface area contributed by atoms with Gasteiger partial charge in [0, 0.05) is 19.0 Å². The van der Waals surface area contributed by atoms with Gasteiger partial charge >= 0.3 is 0 Å². The predicted molar refractivity (Wildman–Crippen MR) is 94.8 cm³/mol. The molecule has 1 amide bonds. The quantitative estimate of drug-likeness (QED) is 0.806. The van der Waals surface area contributed by atoms with Gasteiger partial charge in [-0.25, -0.2) is 4.98 Å². The number of aromatic nitrogens is 2. The van der Waals surface area contributed by atoms with Crippen molar-refractivity contribution in [3.05, 3.63) is 28.1 Å². The van der Waals surface area contributed by atoms with Crippen LogP contribution in [0.25, 0.3) is 10.2 Å². The number of hydrogen-bond donors (Lipinski definition) is 1. The highest BCUT2D eigenvalue weighted by atomic mass is 32.1. The Morgan fingerprint density at radius 2 is 2.13 bits per heavy atom. The number of nitrogens with zero attached hydrogens (tertiary/aromatic N) is 2. The molecule has 2 rings (SSSR count). The van der Waals surface area contributed by atoms with Crippen LogP contribution in [0.1, 0.15) is 46.5 Å². The molecule has 0 saturated carbocycles. The van der Waals surface area contributed by atoms with Crippen LogP contribution in [0.2, 0.25) is 0 Å². The van der Waals surface area contributed by atoms with E-state index >= 15 is 0 Å². The van der Waals surface area contributed by atoms with Crippen molar-refractivity contribution in [2.45, 2.75) is 59.0 Å². The molecule has 6 heteroatoms. The van der Waals surface area contributed by atoms with Crippen LogP contribution in [0.5, 0.6) is 0 Å². The lowest BCUT2D eigenvalue weighted by atomic mass is 10.0. The zero-order valence-electron chi connectivity index (χ0n) is 14.0. The normalized spacial score (nSPS) is 12.7. The molecule has 1 N–H and O–H groups in total. The highest BCUT2D eigenvalue weighted by Crippen LogP contribution is 2.13. The van der Waals surface area contributed by atoms with Crippen LogP contribution in [-0.2, 0) is 11.3 Å². The molecular formula is C17H25N3O2S. The van der Waals surface area contributed by atoms with E-state index in [1.165, 1.54) is 28.7 Å². The predicted octanol–water partition coefficient (Wildman–Crippen LogP) is 3.18. The lowest BCUT2D eigenvalue weighted by molar-refractivity contribution is -0.121. The summed E-state index contributed by atoms with van der Waals surface area (Å²) >= 11 is 1.45. The molecule has 0 aliphatic heterocycles. The summed E-state index contributed by atoms with van der Waals surface area (Å²) in [5.74, 6) is 0.684. The Kier molecular flexibility index (Phi) is 6.33. The van der Waals surface area contributed by atoms with Gasteiger partial charge < -0.3 is 5.32 Å². The number of amides is 1. The molecule has 5 nitrogen and oxygen atoms in total. The molecule has 0 fully saturated rings. The summed E-state index contributed by atoms with van der Waals surface area (Å²) < 4.78 is 1.51. The van der Waals surface area contributed by atoms with Crippen LogP contribution in [0.3, 0.4) is 0 Å². The standard InChI is InChI=1S/C17H25N3O2S/c1-12(2)5-4-6-13(3)19-15(21)7-9-20-11-18-16-14(17(20)22)8-10-23-16/h8,10-13H,4-7,9H2,1-3H3,(H,19,21)/t13-/m1/s1. The monoisotopic (exact) mass is 335 g/mol. The lowest BCUT2D eigenvalue weighted by Crippen LogP contribution is -2.34. The topological polar surface area (TPSA) is 64.0 Å². The van der Waals surface area contributed by atoms with E-state index < -0.39 is 0 Å². The fraction of sp³-hybridized carbons (Fsp3) is 0.588. The van der Waals surface area contributed by atoms with Gasteiger partial charge in [0.2, 0.25) is 5.91 Å². The maximum Gasteiger partial charge on any atom is 0.262 e. The molecule has 2 aromatic heterocycles. The van der Waals surface area contributed by atoms with Crippen LogP contribution < -0.4 is 10.9 Å². The second-order valence-corrected chi connectivity index (χ2v) is 7.32. The number of hydrogen-bond acceptors (Lipinski definition) is 4. The summed E-state index contributed by atoms with van der Waals surface area (Å²) in [7, 11) is 0. The van der Waals surface area contributed by atoms with Crippen LogP contribution in [-0.4, -0.2) is 21.5 Å². The summed E-state index contributed by atoms with van der Waals surface area (Å²) in [5, 5.41) is 5.48. The largest absolute Gasteiger partial charge is 0.354 e. The number of carbonyl (C=O) groups is 1. The number of aryl methyl sites for hydroxylation is 1. The fourth-order valence-electron chi connectivity index (χ4n) is 2.53. The van der Waals surface area contributed by atoms with Crippen LogP contribution in [0, 0.1) is 5.92 Å². The number of nitrogens with one attached hydrogen (secondary N) is 1. The Hall–Kier alpha value is -1.69. The minimum absolute atomic E-state index is 0.0145. The van der Waals surface area contributed by atoms with Crippen molar-refractivity contribution in [3.63, 3.8) is 0 Å². The summed E-state index contributed by atoms with van der Waals surface area (Å²) in [5.41, 5.74) is -0.0750. The maximum atomic E-state index is 12.2. The van der Waals surface area contributed by atoms with E-state index in [-0.39, 0.29) is 17.5 Å². The first kappa shape index (κ1) is 17.7. The van der Waals surface area contributed by atoms with Crippen molar-refractivity contribution in [2.75, 3.05) is 0 Å². The Morgan fingerprint density at radius 1 is 1.35 bits per heavy atom. The van der Waals surface area contributed by atoms with E-state index in [9.17, 15) is 9.59 Å². The van der Waals surface area contributed by atoms with Crippen LogP contribution in [0.15, 0.2) is 22.6 Å². The molecule has 2 aromatic rings. The average molecular weight is 335 g/mol. The Morgan fingerprint density at radius 3 is 2.87 bits per heavy atom. The van der Waals surface area contributed by atoms with Crippen molar-refractivity contribution >= 4 is 27.5 Å². The van der Waals surface area contributed by atoms with Crippen molar-refractivity contribution in [1.29, 1.82) is 0 Å². The summed E-state index contributed by atoms with van der Waals surface area (Å²) in [6.45, 7) is 6.81. The first-order chi connectivity index (χ1) is 11.0. The molecule has 0 unspecified atom stereocenters. The third-order valence-electron chi connectivity index (χ3n) is 3.86. The number of rotatable bonds is 8. The van der Waals surface area contributed by atoms with Crippen molar-refractivity contribution in [3.8, 4) is 0 Å². The van der Waals surface area contributed by atoms with Gasteiger partial charge in [0.05, 0.1) is 11.7 Å². The third kappa shape index (κ3) is 5.16. The maximum absolute atomic E-state index is 12.2. The first-order valence-corrected chi connectivity index (χ1v) is 9.07. The number of fused-ring (bicyclic) bond motifs is 1. The molecule has 2 heterocycles. The highest BCUT2D eigenvalue weighted by Gasteiger charge is 2.10. The van der Waals surface area contributed by atoms with Crippen molar-refractivity contribution in [2.24, 2.45) is 5.92 Å². The molecule has 0 aliphatic carbocycles. The second kappa shape index (κ2) is 8.24. The fourth-order valence-corrected chi connectivity index (χ4v) is 3.25. The average Bonchev–Trinajstić information content (AvgIpc) is 2.95. The third-order valence-corrected chi connectivity index (χ3v) is 4.68. The van der Waals surface area contributed by atoms with Gasteiger partial charge in [0.15, 0.2) is 0 Å². The van der Waals surface area contributed by atoms with Gasteiger partial charge in [-0.1, -0.05) is 26.7 Å². The lowest BCUT2D eigenvalue weighted by Gasteiger charge is -2.14. The van der Waals surface area contributed by atoms with Gasteiger partial charge in [-0.15, -0.1) is 11.3 Å². The van der Waals surface area contributed by atoms with E-state index in [1.807, 2.05) is 12.3 Å². The molecular weight excluding hydrogens is 310 g/mol. The van der Waals surface area contributed by atoms with Gasteiger partial charge in [0.1, 0.15) is 4.83 Å². The first-order valence-electron chi connectivity index (χ1n) is 8.19. The van der Waals surface area contributed by atoms with E-state index in [2.05, 4.69) is 24.1 Å². The molecule has 23 heavy (non-hydrogen) atoms. The second-order valence-electron chi connectivity index (χ2n) is 6.43. The molecule has 126 valence electrons. The number of thiophene rings is 1. The molecule has 0 bridgehead atoms. The molecule has 0 radical (unpaired) electrons. The molecule has 1 atom stereocenters. The van der Waals surface area contributed by atoms with Gasteiger partial charge in [-0.05, 0) is 30.7 Å². The highest BCUT2D eigenvalue weighted by molar-refractivity contribution is 7.16. The zero-order valence-corrected chi connectivity index (χ0v) is 14.9. The Bertz CT molecular complexity index is 705. The van der Waals surface area contributed by atoms with E-state index in [1.54, 1.807) is 6.07 Å². The minimum atomic E-state index is -0.0750.